The maximum atomic E-state index is 11.7. The Balaban J connectivity index is 1.54. The van der Waals surface area contributed by atoms with Gasteiger partial charge >= 0.3 is 5.97 Å². The molecule has 2 aliphatic rings. The molecule has 4 heteroatoms. The second-order valence-electron chi connectivity index (χ2n) is 6.05. The van der Waals surface area contributed by atoms with Crippen LogP contribution in [0.2, 0.25) is 0 Å². The molecule has 0 N–H and O–H groups in total. The van der Waals surface area contributed by atoms with Gasteiger partial charge in [0.15, 0.2) is 0 Å². The molecule has 0 amide bonds. The summed E-state index contributed by atoms with van der Waals surface area (Å²) in [5.41, 5.74) is 2.51. The van der Waals surface area contributed by atoms with Crippen molar-refractivity contribution in [3.63, 3.8) is 0 Å². The van der Waals surface area contributed by atoms with E-state index in [9.17, 15) is 4.79 Å². The Labute approximate surface area is 135 Å². The van der Waals surface area contributed by atoms with Crippen LogP contribution in [0.1, 0.15) is 35.0 Å². The molecule has 0 spiro atoms. The van der Waals surface area contributed by atoms with Crippen molar-refractivity contribution in [2.75, 3.05) is 6.54 Å². The second-order valence-corrected chi connectivity index (χ2v) is 6.05. The van der Waals surface area contributed by atoms with Gasteiger partial charge in [-0.25, -0.2) is 4.79 Å². The van der Waals surface area contributed by atoms with Crippen LogP contribution < -0.4 is 0 Å². The molecule has 0 radical (unpaired) electrons. The lowest BCUT2D eigenvalue weighted by Gasteiger charge is -2.21. The second kappa shape index (κ2) is 5.70. The Hall–Kier alpha value is -2.33. The number of carbonyl (C=O) groups is 1. The predicted octanol–water partition coefficient (Wildman–Crippen LogP) is 3.77. The van der Waals surface area contributed by atoms with Crippen molar-refractivity contribution in [2.24, 2.45) is 0 Å². The summed E-state index contributed by atoms with van der Waals surface area (Å²) in [5.74, 6) is 1.50. The van der Waals surface area contributed by atoms with Crippen LogP contribution in [0.5, 0.6) is 0 Å². The van der Waals surface area contributed by atoms with Crippen molar-refractivity contribution < 1.29 is 13.9 Å². The van der Waals surface area contributed by atoms with Gasteiger partial charge in [0.25, 0.3) is 0 Å². The van der Waals surface area contributed by atoms with Crippen LogP contribution in [-0.2, 0) is 17.9 Å². The lowest BCUT2D eigenvalue weighted by molar-refractivity contribution is 0.0535. The molecule has 2 aromatic rings. The van der Waals surface area contributed by atoms with E-state index in [-0.39, 0.29) is 5.97 Å². The van der Waals surface area contributed by atoms with Gasteiger partial charge in [-0.15, -0.1) is 0 Å². The number of cyclic esters (lactones) is 1. The average molecular weight is 309 g/mol. The first-order valence-corrected chi connectivity index (χ1v) is 8.04. The van der Waals surface area contributed by atoms with Gasteiger partial charge in [0, 0.05) is 23.7 Å². The van der Waals surface area contributed by atoms with E-state index in [0.29, 0.717) is 18.2 Å². The van der Waals surface area contributed by atoms with Gasteiger partial charge in [-0.05, 0) is 24.6 Å². The Morgan fingerprint density at radius 2 is 2.17 bits per heavy atom. The number of fused-ring (bicyclic) bond motifs is 1. The molecule has 1 atom stereocenters. The Kier molecular flexibility index (Phi) is 3.54. The topological polar surface area (TPSA) is 42.7 Å². The van der Waals surface area contributed by atoms with Gasteiger partial charge in [-0.2, -0.15) is 0 Å². The highest BCUT2D eigenvalue weighted by molar-refractivity contribution is 5.94. The van der Waals surface area contributed by atoms with E-state index in [1.807, 2.05) is 30.3 Å². The largest absolute Gasteiger partial charge is 0.460 e. The summed E-state index contributed by atoms with van der Waals surface area (Å²) in [6, 6.07) is 10.3. The maximum Gasteiger partial charge on any atom is 0.338 e. The lowest BCUT2D eigenvalue weighted by Crippen LogP contribution is -2.28. The Bertz CT molecular complexity index is 775. The number of esters is 1. The molecule has 4 rings (SSSR count). The fraction of sp³-hybridized carbons (Fsp3) is 0.316. The number of rotatable bonds is 4. The zero-order valence-electron chi connectivity index (χ0n) is 13.1. The number of carbonyl (C=O) groups excluding carboxylic acids is 1. The number of ether oxygens (including phenoxy) is 1. The van der Waals surface area contributed by atoms with E-state index < -0.39 is 0 Å². The van der Waals surface area contributed by atoms with Crippen molar-refractivity contribution in [3.8, 4) is 11.3 Å². The van der Waals surface area contributed by atoms with Crippen molar-refractivity contribution in [1.82, 2.24) is 4.90 Å². The lowest BCUT2D eigenvalue weighted by atomic mass is 10.0. The molecular weight excluding hydrogens is 290 g/mol. The van der Waals surface area contributed by atoms with Crippen LogP contribution in [0.25, 0.3) is 11.3 Å². The SMILES string of the molecule is CCC1C=CCN1Cc1ccc(-c2ccc3c(c2)C(=O)OC3)o1. The predicted molar refractivity (Wildman–Crippen MR) is 86.9 cm³/mol. The van der Waals surface area contributed by atoms with E-state index in [0.717, 1.165) is 42.2 Å². The highest BCUT2D eigenvalue weighted by atomic mass is 16.5. The zero-order chi connectivity index (χ0) is 15.8. The Morgan fingerprint density at radius 1 is 1.26 bits per heavy atom. The van der Waals surface area contributed by atoms with E-state index in [4.69, 9.17) is 9.15 Å². The Morgan fingerprint density at radius 3 is 3.04 bits per heavy atom. The number of benzene rings is 1. The fourth-order valence-corrected chi connectivity index (χ4v) is 3.27. The molecular formula is C19H19NO3. The van der Waals surface area contributed by atoms with Crippen LogP contribution in [-0.4, -0.2) is 23.5 Å². The molecule has 0 saturated heterocycles. The van der Waals surface area contributed by atoms with Crippen molar-refractivity contribution >= 4 is 5.97 Å². The summed E-state index contributed by atoms with van der Waals surface area (Å²) in [4.78, 5) is 14.1. The monoisotopic (exact) mass is 309 g/mol. The third-order valence-corrected chi connectivity index (χ3v) is 4.58. The zero-order valence-corrected chi connectivity index (χ0v) is 13.1. The molecule has 3 heterocycles. The minimum absolute atomic E-state index is 0.248. The molecule has 0 bridgehead atoms. The smallest absolute Gasteiger partial charge is 0.338 e. The van der Waals surface area contributed by atoms with Gasteiger partial charge in [0.1, 0.15) is 18.1 Å². The van der Waals surface area contributed by atoms with Gasteiger partial charge in [-0.3, -0.25) is 4.90 Å². The number of hydrogen-bond donors (Lipinski definition) is 0. The van der Waals surface area contributed by atoms with E-state index >= 15 is 0 Å². The summed E-state index contributed by atoms with van der Waals surface area (Å²) >= 11 is 0. The summed E-state index contributed by atoms with van der Waals surface area (Å²) in [6.07, 6.45) is 5.58. The summed E-state index contributed by atoms with van der Waals surface area (Å²) in [6.45, 7) is 4.35. The van der Waals surface area contributed by atoms with Crippen molar-refractivity contribution in [3.05, 3.63) is 59.4 Å². The summed E-state index contributed by atoms with van der Waals surface area (Å²) < 4.78 is 11.0. The third-order valence-electron chi connectivity index (χ3n) is 4.58. The molecule has 1 aromatic heterocycles. The summed E-state index contributed by atoms with van der Waals surface area (Å²) in [7, 11) is 0. The number of furan rings is 1. The first-order valence-electron chi connectivity index (χ1n) is 8.04. The molecule has 1 unspecified atom stereocenters. The quantitative estimate of drug-likeness (QED) is 0.637. The highest BCUT2D eigenvalue weighted by Gasteiger charge is 2.22. The molecule has 0 fully saturated rings. The van der Waals surface area contributed by atoms with E-state index in [1.54, 1.807) is 0 Å². The molecule has 0 aliphatic carbocycles. The van der Waals surface area contributed by atoms with Gasteiger partial charge in [0.2, 0.25) is 0 Å². The molecule has 2 aliphatic heterocycles. The minimum atomic E-state index is -0.248. The minimum Gasteiger partial charge on any atom is -0.460 e. The fourth-order valence-electron chi connectivity index (χ4n) is 3.27. The summed E-state index contributed by atoms with van der Waals surface area (Å²) in [5, 5.41) is 0. The van der Waals surface area contributed by atoms with Crippen molar-refractivity contribution in [1.29, 1.82) is 0 Å². The first-order chi connectivity index (χ1) is 11.2. The molecule has 1 aromatic carbocycles. The molecule has 0 saturated carbocycles. The highest BCUT2D eigenvalue weighted by Crippen LogP contribution is 2.29. The first kappa shape index (κ1) is 14.3. The maximum absolute atomic E-state index is 11.7. The van der Waals surface area contributed by atoms with Crippen LogP contribution in [0.15, 0.2) is 46.9 Å². The van der Waals surface area contributed by atoms with Crippen molar-refractivity contribution in [2.45, 2.75) is 32.5 Å². The molecule has 4 nitrogen and oxygen atoms in total. The van der Waals surface area contributed by atoms with Gasteiger partial charge in [-0.1, -0.05) is 31.2 Å². The van der Waals surface area contributed by atoms with Gasteiger partial charge in [0.05, 0.1) is 12.1 Å². The van der Waals surface area contributed by atoms with E-state index in [2.05, 4.69) is 24.0 Å². The molecule has 118 valence electrons. The normalized spacial score (nSPS) is 20.0. The van der Waals surface area contributed by atoms with E-state index in [1.165, 1.54) is 0 Å². The number of nitrogens with zero attached hydrogens (tertiary/aromatic N) is 1. The average Bonchev–Trinajstić information content (AvgIpc) is 3.28. The van der Waals surface area contributed by atoms with Crippen LogP contribution in [0, 0.1) is 0 Å². The molecule has 23 heavy (non-hydrogen) atoms. The number of hydrogen-bond acceptors (Lipinski definition) is 4. The van der Waals surface area contributed by atoms with Gasteiger partial charge < -0.3 is 9.15 Å². The standard InChI is InChI=1S/C19H19NO3/c1-2-15-4-3-9-20(15)11-16-7-8-18(23-16)13-5-6-14-12-22-19(21)17(14)10-13/h3-8,10,15H,2,9,11-12H2,1H3. The van der Waals surface area contributed by atoms with Crippen LogP contribution in [0.3, 0.4) is 0 Å². The van der Waals surface area contributed by atoms with Crippen LogP contribution in [0.4, 0.5) is 0 Å². The third kappa shape index (κ3) is 2.59. The van der Waals surface area contributed by atoms with Crippen LogP contribution >= 0.6 is 0 Å².